The molecule has 1 saturated carbocycles. The maximum Gasteiger partial charge on any atom is 0.0842 e. The predicted molar refractivity (Wildman–Crippen MR) is 72.1 cm³/mol. The average molecular weight is 239 g/mol. The summed E-state index contributed by atoms with van der Waals surface area (Å²) < 4.78 is 6.68. The summed E-state index contributed by atoms with van der Waals surface area (Å²) in [5, 5.41) is 3.64. The van der Waals surface area contributed by atoms with E-state index in [1.807, 2.05) is 0 Å². The molecule has 0 aromatic carbocycles. The van der Waals surface area contributed by atoms with Crippen LogP contribution < -0.4 is 5.32 Å². The molecule has 1 spiro atoms. The summed E-state index contributed by atoms with van der Waals surface area (Å²) in [4.78, 5) is 0. The number of hydrogen-bond donors (Lipinski definition) is 1. The Hall–Kier alpha value is -0.0800. The van der Waals surface area contributed by atoms with Gasteiger partial charge < -0.3 is 10.1 Å². The van der Waals surface area contributed by atoms with Crippen molar-refractivity contribution in [2.24, 2.45) is 17.8 Å². The number of hydrogen-bond acceptors (Lipinski definition) is 2. The van der Waals surface area contributed by atoms with Crippen LogP contribution >= 0.6 is 0 Å². The third-order valence-corrected chi connectivity index (χ3v) is 5.24. The van der Waals surface area contributed by atoms with Crippen LogP contribution in [0.25, 0.3) is 0 Å². The number of ether oxygens (including phenoxy) is 1. The molecule has 100 valence electrons. The Balaban J connectivity index is 2.19. The molecule has 0 aromatic rings. The van der Waals surface area contributed by atoms with E-state index in [4.69, 9.17) is 4.74 Å². The van der Waals surface area contributed by atoms with Crippen LogP contribution in [0.4, 0.5) is 0 Å². The predicted octanol–water partition coefficient (Wildman–Crippen LogP) is 3.22. The standard InChI is InChI=1S/C15H29NO/c1-11(2)14(5)9-16-10-15(17-14)8-12(3)6-7-13(15)4/h11-13,16H,6-10H2,1-5H3. The first-order valence-electron chi connectivity index (χ1n) is 7.29. The summed E-state index contributed by atoms with van der Waals surface area (Å²) in [7, 11) is 0. The first kappa shape index (κ1) is 13.4. The Morgan fingerprint density at radius 3 is 2.53 bits per heavy atom. The Morgan fingerprint density at radius 1 is 1.18 bits per heavy atom. The molecule has 2 nitrogen and oxygen atoms in total. The third kappa shape index (κ3) is 2.39. The van der Waals surface area contributed by atoms with Gasteiger partial charge in [-0.3, -0.25) is 0 Å². The van der Waals surface area contributed by atoms with E-state index in [1.54, 1.807) is 0 Å². The maximum absolute atomic E-state index is 6.68. The van der Waals surface area contributed by atoms with Gasteiger partial charge in [0.25, 0.3) is 0 Å². The van der Waals surface area contributed by atoms with E-state index in [2.05, 4.69) is 39.9 Å². The van der Waals surface area contributed by atoms with Crippen LogP contribution in [0.1, 0.15) is 53.9 Å². The fourth-order valence-electron chi connectivity index (χ4n) is 3.46. The highest BCUT2D eigenvalue weighted by Gasteiger charge is 2.49. The van der Waals surface area contributed by atoms with E-state index in [1.165, 1.54) is 19.3 Å². The highest BCUT2D eigenvalue weighted by Crippen LogP contribution is 2.44. The van der Waals surface area contributed by atoms with Crippen molar-refractivity contribution in [2.75, 3.05) is 13.1 Å². The average Bonchev–Trinajstić information content (AvgIpc) is 2.24. The summed E-state index contributed by atoms with van der Waals surface area (Å²) >= 11 is 0. The molecular formula is C15H29NO. The molecule has 0 radical (unpaired) electrons. The Kier molecular flexibility index (Phi) is 3.57. The van der Waals surface area contributed by atoms with Gasteiger partial charge in [-0.05, 0) is 37.5 Å². The summed E-state index contributed by atoms with van der Waals surface area (Å²) in [6.45, 7) is 13.6. The summed E-state index contributed by atoms with van der Waals surface area (Å²) in [6.07, 6.45) is 3.91. The van der Waals surface area contributed by atoms with Crippen molar-refractivity contribution in [1.82, 2.24) is 5.32 Å². The largest absolute Gasteiger partial charge is 0.366 e. The van der Waals surface area contributed by atoms with E-state index in [0.717, 1.165) is 19.0 Å². The first-order valence-corrected chi connectivity index (χ1v) is 7.29. The van der Waals surface area contributed by atoms with Crippen molar-refractivity contribution in [3.8, 4) is 0 Å². The van der Waals surface area contributed by atoms with Crippen molar-refractivity contribution in [1.29, 1.82) is 0 Å². The Labute approximate surface area is 107 Å². The molecule has 2 fully saturated rings. The molecular weight excluding hydrogens is 210 g/mol. The summed E-state index contributed by atoms with van der Waals surface area (Å²) in [6, 6.07) is 0. The molecule has 1 heterocycles. The van der Waals surface area contributed by atoms with Crippen LogP contribution in [0.2, 0.25) is 0 Å². The van der Waals surface area contributed by atoms with Crippen molar-refractivity contribution >= 4 is 0 Å². The van der Waals surface area contributed by atoms with Gasteiger partial charge in [0.2, 0.25) is 0 Å². The van der Waals surface area contributed by atoms with Crippen molar-refractivity contribution < 1.29 is 4.74 Å². The van der Waals surface area contributed by atoms with E-state index in [-0.39, 0.29) is 11.2 Å². The van der Waals surface area contributed by atoms with Gasteiger partial charge in [0.1, 0.15) is 0 Å². The molecule has 0 aromatic heterocycles. The minimum atomic E-state index is 0.00354. The molecule has 1 N–H and O–H groups in total. The molecule has 1 saturated heterocycles. The maximum atomic E-state index is 6.68. The molecule has 1 aliphatic heterocycles. The fourth-order valence-corrected chi connectivity index (χ4v) is 3.46. The highest BCUT2D eigenvalue weighted by molar-refractivity contribution is 5.01. The number of morpholine rings is 1. The van der Waals surface area contributed by atoms with Crippen LogP contribution in [0.5, 0.6) is 0 Å². The zero-order chi connectivity index (χ0) is 12.7. The second kappa shape index (κ2) is 4.55. The lowest BCUT2D eigenvalue weighted by atomic mass is 9.70. The molecule has 1 aliphatic carbocycles. The quantitative estimate of drug-likeness (QED) is 0.758. The molecule has 0 amide bonds. The zero-order valence-corrected chi connectivity index (χ0v) is 12.2. The Morgan fingerprint density at radius 2 is 1.88 bits per heavy atom. The minimum absolute atomic E-state index is 0.00354. The highest BCUT2D eigenvalue weighted by atomic mass is 16.5. The van der Waals surface area contributed by atoms with Crippen LogP contribution in [0, 0.1) is 17.8 Å². The minimum Gasteiger partial charge on any atom is -0.366 e. The summed E-state index contributed by atoms with van der Waals surface area (Å²) in [5.41, 5.74) is 0.0957. The van der Waals surface area contributed by atoms with Crippen molar-refractivity contribution in [2.45, 2.75) is 65.1 Å². The molecule has 4 atom stereocenters. The molecule has 17 heavy (non-hydrogen) atoms. The SMILES string of the molecule is CC1CCC(C)C2(CNCC(C)(C(C)C)O2)C1. The Bertz CT molecular complexity index is 278. The van der Waals surface area contributed by atoms with Crippen LogP contribution in [-0.2, 0) is 4.74 Å². The van der Waals surface area contributed by atoms with Crippen LogP contribution in [0.3, 0.4) is 0 Å². The van der Waals surface area contributed by atoms with Gasteiger partial charge >= 0.3 is 0 Å². The monoisotopic (exact) mass is 239 g/mol. The lowest BCUT2D eigenvalue weighted by Crippen LogP contribution is -2.64. The fraction of sp³-hybridized carbons (Fsp3) is 1.00. The summed E-state index contributed by atoms with van der Waals surface area (Å²) in [5.74, 6) is 2.06. The third-order valence-electron chi connectivity index (χ3n) is 5.24. The second-order valence-corrected chi connectivity index (χ2v) is 7.03. The zero-order valence-electron chi connectivity index (χ0n) is 12.2. The molecule has 4 unspecified atom stereocenters. The van der Waals surface area contributed by atoms with Gasteiger partial charge in [0.05, 0.1) is 11.2 Å². The van der Waals surface area contributed by atoms with Gasteiger partial charge in [0, 0.05) is 13.1 Å². The normalized spacial score (nSPS) is 47.6. The van der Waals surface area contributed by atoms with Crippen molar-refractivity contribution in [3.05, 3.63) is 0 Å². The van der Waals surface area contributed by atoms with Gasteiger partial charge in [-0.25, -0.2) is 0 Å². The van der Waals surface area contributed by atoms with Gasteiger partial charge in [0.15, 0.2) is 0 Å². The smallest absolute Gasteiger partial charge is 0.0842 e. The topological polar surface area (TPSA) is 21.3 Å². The van der Waals surface area contributed by atoms with E-state index < -0.39 is 0 Å². The number of rotatable bonds is 1. The van der Waals surface area contributed by atoms with Gasteiger partial charge in [-0.1, -0.05) is 34.1 Å². The van der Waals surface area contributed by atoms with E-state index in [9.17, 15) is 0 Å². The lowest BCUT2D eigenvalue weighted by molar-refractivity contribution is -0.224. The van der Waals surface area contributed by atoms with E-state index in [0.29, 0.717) is 11.8 Å². The van der Waals surface area contributed by atoms with Crippen LogP contribution in [-0.4, -0.2) is 24.3 Å². The second-order valence-electron chi connectivity index (χ2n) is 7.03. The van der Waals surface area contributed by atoms with E-state index >= 15 is 0 Å². The van der Waals surface area contributed by atoms with Gasteiger partial charge in [-0.2, -0.15) is 0 Å². The molecule has 2 aliphatic rings. The van der Waals surface area contributed by atoms with Gasteiger partial charge in [-0.15, -0.1) is 0 Å². The van der Waals surface area contributed by atoms with Crippen LogP contribution in [0.15, 0.2) is 0 Å². The first-order chi connectivity index (χ1) is 7.88. The molecule has 0 bridgehead atoms. The number of nitrogens with one attached hydrogen (secondary N) is 1. The molecule has 2 heteroatoms. The molecule has 2 rings (SSSR count). The lowest BCUT2D eigenvalue weighted by Gasteiger charge is -2.54. The van der Waals surface area contributed by atoms with Crippen molar-refractivity contribution in [3.63, 3.8) is 0 Å².